The summed E-state index contributed by atoms with van der Waals surface area (Å²) in [5.41, 5.74) is 0.621. The molecule has 0 spiro atoms. The van der Waals surface area contributed by atoms with Crippen LogP contribution in [-0.2, 0) is 4.79 Å². The Labute approximate surface area is 136 Å². The van der Waals surface area contributed by atoms with E-state index in [1.165, 1.54) is 18.2 Å². The molecule has 1 atom stereocenters. The van der Waals surface area contributed by atoms with Crippen LogP contribution in [0, 0.1) is 5.82 Å². The van der Waals surface area contributed by atoms with Gasteiger partial charge in [0.2, 0.25) is 5.76 Å². The van der Waals surface area contributed by atoms with Gasteiger partial charge < -0.3 is 14.9 Å². The number of carboxylic acids is 1. The first-order valence-electron chi connectivity index (χ1n) is 6.74. The predicted octanol–water partition coefficient (Wildman–Crippen LogP) is 3.15. The van der Waals surface area contributed by atoms with Crippen LogP contribution in [0.1, 0.15) is 47.6 Å². The van der Waals surface area contributed by atoms with Gasteiger partial charge in [0.05, 0.1) is 10.7 Å². The molecule has 1 heterocycles. The van der Waals surface area contributed by atoms with E-state index in [0.29, 0.717) is 5.69 Å². The zero-order valence-electron chi connectivity index (χ0n) is 12.3. The number of amides is 1. The Morgan fingerprint density at radius 1 is 1.35 bits per heavy atom. The normalized spacial score (nSPS) is 12.2. The number of hydrogen-bond acceptors (Lipinski definition) is 4. The van der Waals surface area contributed by atoms with Gasteiger partial charge >= 0.3 is 5.97 Å². The molecule has 0 aliphatic carbocycles. The van der Waals surface area contributed by atoms with Crippen molar-refractivity contribution in [1.82, 2.24) is 10.5 Å². The number of benzene rings is 1. The highest BCUT2D eigenvalue weighted by molar-refractivity contribution is 6.30. The summed E-state index contributed by atoms with van der Waals surface area (Å²) >= 11 is 5.57. The van der Waals surface area contributed by atoms with E-state index in [1.807, 2.05) is 13.8 Å². The number of nitrogens with one attached hydrogen (secondary N) is 1. The first-order valence-corrected chi connectivity index (χ1v) is 7.12. The zero-order valence-corrected chi connectivity index (χ0v) is 13.1. The van der Waals surface area contributed by atoms with Crippen LogP contribution in [0.4, 0.5) is 4.39 Å². The summed E-state index contributed by atoms with van der Waals surface area (Å²) in [6.45, 7) is 3.74. The molecule has 6 nitrogen and oxygen atoms in total. The molecule has 1 amide bonds. The number of aliphatic carboxylic acids is 1. The van der Waals surface area contributed by atoms with Crippen LogP contribution < -0.4 is 5.32 Å². The highest BCUT2D eigenvalue weighted by Crippen LogP contribution is 2.21. The fourth-order valence-corrected chi connectivity index (χ4v) is 1.97. The van der Waals surface area contributed by atoms with E-state index in [0.717, 1.165) is 6.07 Å². The molecule has 122 valence electrons. The lowest BCUT2D eigenvalue weighted by atomic mass is 10.1. The Morgan fingerprint density at radius 2 is 2.04 bits per heavy atom. The molecule has 0 radical (unpaired) electrons. The monoisotopic (exact) mass is 340 g/mol. The molecule has 0 saturated carbocycles. The third-order valence-electron chi connectivity index (χ3n) is 3.14. The van der Waals surface area contributed by atoms with Gasteiger partial charge in [-0.15, -0.1) is 0 Å². The van der Waals surface area contributed by atoms with Crippen molar-refractivity contribution in [3.05, 3.63) is 52.1 Å². The van der Waals surface area contributed by atoms with E-state index in [9.17, 15) is 19.1 Å². The number of carboxylic acid groups (broad SMARTS) is 1. The Bertz CT molecular complexity index is 745. The van der Waals surface area contributed by atoms with Crippen molar-refractivity contribution in [3.63, 3.8) is 0 Å². The smallest absolute Gasteiger partial charge is 0.330 e. The highest BCUT2D eigenvalue weighted by Gasteiger charge is 2.25. The Hall–Kier alpha value is -2.41. The van der Waals surface area contributed by atoms with Gasteiger partial charge in [-0.3, -0.25) is 4.79 Å². The molecule has 2 N–H and O–H groups in total. The van der Waals surface area contributed by atoms with Crippen LogP contribution in [0.2, 0.25) is 5.02 Å². The Morgan fingerprint density at radius 3 is 2.57 bits per heavy atom. The molecule has 0 saturated heterocycles. The number of aromatic nitrogens is 1. The highest BCUT2D eigenvalue weighted by atomic mass is 35.5. The van der Waals surface area contributed by atoms with E-state index < -0.39 is 23.7 Å². The van der Waals surface area contributed by atoms with Gasteiger partial charge in [0.25, 0.3) is 5.91 Å². The summed E-state index contributed by atoms with van der Waals surface area (Å²) in [5.74, 6) is -2.93. The van der Waals surface area contributed by atoms with Gasteiger partial charge in [-0.05, 0) is 23.6 Å². The summed E-state index contributed by atoms with van der Waals surface area (Å²) in [7, 11) is 0. The van der Waals surface area contributed by atoms with Crippen molar-refractivity contribution in [2.24, 2.45) is 0 Å². The molecule has 1 aromatic heterocycles. The van der Waals surface area contributed by atoms with Gasteiger partial charge in [-0.1, -0.05) is 36.7 Å². The van der Waals surface area contributed by atoms with Gasteiger partial charge in [0.15, 0.2) is 6.04 Å². The van der Waals surface area contributed by atoms with Gasteiger partial charge in [0.1, 0.15) is 5.82 Å². The van der Waals surface area contributed by atoms with Gasteiger partial charge in [-0.25, -0.2) is 9.18 Å². The Balaban J connectivity index is 2.23. The molecule has 0 aliphatic rings. The maximum atomic E-state index is 13.5. The van der Waals surface area contributed by atoms with Crippen molar-refractivity contribution >= 4 is 23.5 Å². The SMILES string of the molecule is CC(C)c1cc(C(=O)NC(C(=O)O)c2ccc(Cl)c(F)c2)on1. The van der Waals surface area contributed by atoms with Crippen LogP contribution >= 0.6 is 11.6 Å². The van der Waals surface area contributed by atoms with Crippen molar-refractivity contribution in [3.8, 4) is 0 Å². The first kappa shape index (κ1) is 17.0. The first-order chi connectivity index (χ1) is 10.8. The third kappa shape index (κ3) is 3.87. The predicted molar refractivity (Wildman–Crippen MR) is 79.8 cm³/mol. The van der Waals surface area contributed by atoms with Crippen molar-refractivity contribution < 1.29 is 23.6 Å². The lowest BCUT2D eigenvalue weighted by Crippen LogP contribution is -2.33. The maximum absolute atomic E-state index is 13.5. The maximum Gasteiger partial charge on any atom is 0.330 e. The molecule has 8 heteroatoms. The zero-order chi connectivity index (χ0) is 17.1. The standard InChI is InChI=1S/C15H14ClFN2O4/c1-7(2)11-6-12(23-19-11)14(20)18-13(15(21)22)8-3-4-9(16)10(17)5-8/h3-7,13H,1-2H3,(H,18,20)(H,21,22). The van der Waals surface area contributed by atoms with Crippen molar-refractivity contribution in [2.75, 3.05) is 0 Å². The molecule has 1 aromatic carbocycles. The van der Waals surface area contributed by atoms with E-state index in [1.54, 1.807) is 0 Å². The second-order valence-electron chi connectivity index (χ2n) is 5.19. The average Bonchev–Trinajstić information content (AvgIpc) is 2.97. The summed E-state index contributed by atoms with van der Waals surface area (Å²) < 4.78 is 18.4. The second-order valence-corrected chi connectivity index (χ2v) is 5.60. The van der Waals surface area contributed by atoms with Crippen LogP contribution in [0.3, 0.4) is 0 Å². The average molecular weight is 341 g/mol. The van der Waals surface area contributed by atoms with Gasteiger partial charge in [-0.2, -0.15) is 0 Å². The van der Waals surface area contributed by atoms with E-state index in [2.05, 4.69) is 10.5 Å². The lowest BCUT2D eigenvalue weighted by Gasteiger charge is -2.14. The largest absolute Gasteiger partial charge is 0.479 e. The molecular weight excluding hydrogens is 327 g/mol. The number of nitrogens with zero attached hydrogens (tertiary/aromatic N) is 1. The number of carbonyl (C=O) groups is 2. The van der Waals surface area contributed by atoms with E-state index >= 15 is 0 Å². The summed E-state index contributed by atoms with van der Waals surface area (Å²) in [4.78, 5) is 23.5. The molecule has 0 aliphatic heterocycles. The molecule has 2 aromatic rings. The van der Waals surface area contributed by atoms with Crippen LogP contribution in [-0.4, -0.2) is 22.1 Å². The molecule has 0 bridgehead atoms. The quantitative estimate of drug-likeness (QED) is 0.872. The number of hydrogen-bond donors (Lipinski definition) is 2. The topological polar surface area (TPSA) is 92.4 Å². The number of rotatable bonds is 5. The molecule has 2 rings (SSSR count). The van der Waals surface area contributed by atoms with Crippen LogP contribution in [0.5, 0.6) is 0 Å². The Kier molecular flexibility index (Phi) is 5.00. The van der Waals surface area contributed by atoms with E-state index in [4.69, 9.17) is 16.1 Å². The van der Waals surface area contributed by atoms with Crippen LogP contribution in [0.25, 0.3) is 0 Å². The summed E-state index contributed by atoms with van der Waals surface area (Å²) in [6.07, 6.45) is 0. The molecule has 1 unspecified atom stereocenters. The fourth-order valence-electron chi connectivity index (χ4n) is 1.85. The molecule has 23 heavy (non-hydrogen) atoms. The molecule has 0 fully saturated rings. The number of carbonyl (C=O) groups excluding carboxylic acids is 1. The molecular formula is C15H14ClFN2O4. The van der Waals surface area contributed by atoms with Gasteiger partial charge in [0, 0.05) is 6.07 Å². The summed E-state index contributed by atoms with van der Waals surface area (Å²) in [6, 6.07) is 3.49. The van der Waals surface area contributed by atoms with Crippen molar-refractivity contribution in [2.45, 2.75) is 25.8 Å². The van der Waals surface area contributed by atoms with E-state index in [-0.39, 0.29) is 22.3 Å². The minimum Gasteiger partial charge on any atom is -0.479 e. The fraction of sp³-hybridized carbons (Fsp3) is 0.267. The number of halogens is 2. The third-order valence-corrected chi connectivity index (χ3v) is 3.45. The second kappa shape index (κ2) is 6.78. The van der Waals surface area contributed by atoms with Crippen LogP contribution in [0.15, 0.2) is 28.8 Å². The minimum atomic E-state index is -1.44. The summed E-state index contributed by atoms with van der Waals surface area (Å²) in [5, 5.41) is 15.1. The van der Waals surface area contributed by atoms with Crippen molar-refractivity contribution in [1.29, 1.82) is 0 Å². The minimum absolute atomic E-state index is 0.0522. The lowest BCUT2D eigenvalue weighted by molar-refractivity contribution is -0.139.